The van der Waals surface area contributed by atoms with Crippen LogP contribution in [0.1, 0.15) is 11.7 Å². The third kappa shape index (κ3) is 1.33. The minimum Gasteiger partial charge on any atom is -0.369 e. The molecule has 4 nitrogen and oxygen atoms in total. The van der Waals surface area contributed by atoms with Crippen LogP contribution in [-0.4, -0.2) is 24.1 Å². The van der Waals surface area contributed by atoms with Crippen molar-refractivity contribution >= 4 is 5.91 Å². The number of hydrogen-bond donors (Lipinski definition) is 2. The molecule has 1 saturated heterocycles. The van der Waals surface area contributed by atoms with E-state index < -0.39 is 0 Å². The van der Waals surface area contributed by atoms with Crippen LogP contribution in [0.25, 0.3) is 0 Å². The summed E-state index contributed by atoms with van der Waals surface area (Å²) >= 11 is 0. The van der Waals surface area contributed by atoms with E-state index in [0.29, 0.717) is 6.61 Å². The van der Waals surface area contributed by atoms with E-state index in [9.17, 15) is 4.79 Å². The quantitative estimate of drug-likeness (QED) is 0.626. The first-order valence-electron chi connectivity index (χ1n) is 3.86. The molecule has 12 heavy (non-hydrogen) atoms. The Morgan fingerprint density at radius 3 is 3.17 bits per heavy atom. The average molecular weight is 166 g/mol. The van der Waals surface area contributed by atoms with Gasteiger partial charge >= 0.3 is 0 Å². The van der Waals surface area contributed by atoms with Gasteiger partial charge in [-0.25, -0.2) is 0 Å². The van der Waals surface area contributed by atoms with Crippen LogP contribution < -0.4 is 5.32 Å². The molecular formula is C8H10N2O2. The molecule has 1 fully saturated rings. The summed E-state index contributed by atoms with van der Waals surface area (Å²) in [5.74, 6) is -0.0548. The molecule has 0 aliphatic carbocycles. The van der Waals surface area contributed by atoms with Crippen molar-refractivity contribution in [2.75, 3.05) is 13.2 Å². The summed E-state index contributed by atoms with van der Waals surface area (Å²) < 4.78 is 5.09. The summed E-state index contributed by atoms with van der Waals surface area (Å²) in [4.78, 5) is 14.0. The predicted octanol–water partition coefficient (Wildman–Crippen LogP) is 0.202. The van der Waals surface area contributed by atoms with Gasteiger partial charge in [0.2, 0.25) is 5.91 Å². The molecule has 0 unspecified atom stereocenters. The van der Waals surface area contributed by atoms with Crippen molar-refractivity contribution in [1.29, 1.82) is 0 Å². The first-order chi connectivity index (χ1) is 5.86. The summed E-state index contributed by atoms with van der Waals surface area (Å²) in [6, 6.07) is 3.82. The largest absolute Gasteiger partial charge is 0.369 e. The van der Waals surface area contributed by atoms with Crippen LogP contribution in [0.3, 0.4) is 0 Å². The molecule has 64 valence electrons. The minimum atomic E-state index is -0.0548. The molecule has 1 atom stereocenters. The Bertz CT molecular complexity index is 269. The number of amides is 1. The summed E-state index contributed by atoms with van der Waals surface area (Å²) in [6.45, 7) is 0.726. The lowest BCUT2D eigenvalue weighted by molar-refractivity contribution is -0.131. The molecule has 4 heteroatoms. The molecule has 0 bridgehead atoms. The third-order valence-electron chi connectivity index (χ3n) is 1.85. The highest BCUT2D eigenvalue weighted by Crippen LogP contribution is 2.12. The molecule has 1 aliphatic rings. The number of aromatic nitrogens is 1. The van der Waals surface area contributed by atoms with Gasteiger partial charge in [-0.2, -0.15) is 0 Å². The average Bonchev–Trinajstić information content (AvgIpc) is 2.56. The Hall–Kier alpha value is -1.29. The molecule has 1 aromatic rings. The number of hydrogen-bond acceptors (Lipinski definition) is 2. The highest BCUT2D eigenvalue weighted by molar-refractivity contribution is 5.78. The molecule has 1 amide bonds. The van der Waals surface area contributed by atoms with Crippen molar-refractivity contribution in [2.24, 2.45) is 0 Å². The first kappa shape index (κ1) is 7.36. The molecule has 2 rings (SSSR count). The second-order valence-corrected chi connectivity index (χ2v) is 2.76. The van der Waals surface area contributed by atoms with Crippen molar-refractivity contribution < 1.29 is 9.53 Å². The molecule has 1 aliphatic heterocycles. The molecular weight excluding hydrogens is 156 g/mol. The number of morpholine rings is 1. The lowest BCUT2D eigenvalue weighted by Gasteiger charge is -2.22. The standard InChI is InChI=1S/C8H10N2O2/c11-8-5-12-4-7(10-8)6-2-1-3-9-6/h1-3,7,9H,4-5H2,(H,10,11)/t7-/m0/s1. The van der Waals surface area contributed by atoms with Crippen molar-refractivity contribution in [3.05, 3.63) is 24.0 Å². The zero-order valence-corrected chi connectivity index (χ0v) is 6.54. The van der Waals surface area contributed by atoms with E-state index >= 15 is 0 Å². The zero-order valence-electron chi connectivity index (χ0n) is 6.54. The van der Waals surface area contributed by atoms with Crippen molar-refractivity contribution in [3.8, 4) is 0 Å². The fourth-order valence-corrected chi connectivity index (χ4v) is 1.28. The van der Waals surface area contributed by atoms with E-state index in [1.807, 2.05) is 18.3 Å². The first-order valence-corrected chi connectivity index (χ1v) is 3.86. The van der Waals surface area contributed by atoms with Crippen LogP contribution in [-0.2, 0) is 9.53 Å². The lowest BCUT2D eigenvalue weighted by Crippen LogP contribution is -2.39. The van der Waals surface area contributed by atoms with Gasteiger partial charge in [0, 0.05) is 11.9 Å². The maximum absolute atomic E-state index is 10.9. The van der Waals surface area contributed by atoms with Crippen LogP contribution in [0.5, 0.6) is 0 Å². The highest BCUT2D eigenvalue weighted by atomic mass is 16.5. The van der Waals surface area contributed by atoms with Crippen LogP contribution in [0, 0.1) is 0 Å². The van der Waals surface area contributed by atoms with Gasteiger partial charge in [-0.1, -0.05) is 0 Å². The smallest absolute Gasteiger partial charge is 0.246 e. The van der Waals surface area contributed by atoms with Gasteiger partial charge in [-0.05, 0) is 12.1 Å². The molecule has 0 spiro atoms. The van der Waals surface area contributed by atoms with Crippen LogP contribution >= 0.6 is 0 Å². The minimum absolute atomic E-state index is 0.0127. The van der Waals surface area contributed by atoms with E-state index in [4.69, 9.17) is 4.74 Å². The Morgan fingerprint density at radius 1 is 1.58 bits per heavy atom. The van der Waals surface area contributed by atoms with Crippen molar-refractivity contribution in [1.82, 2.24) is 10.3 Å². The van der Waals surface area contributed by atoms with E-state index in [2.05, 4.69) is 10.3 Å². The van der Waals surface area contributed by atoms with Crippen molar-refractivity contribution in [2.45, 2.75) is 6.04 Å². The SMILES string of the molecule is O=C1COC[C@@H](c2ccc[nH]2)N1. The summed E-state index contributed by atoms with van der Waals surface area (Å²) in [5, 5.41) is 2.82. The number of aromatic amines is 1. The van der Waals surface area contributed by atoms with Gasteiger partial charge in [0.05, 0.1) is 12.6 Å². The van der Waals surface area contributed by atoms with Gasteiger partial charge in [0.25, 0.3) is 0 Å². The van der Waals surface area contributed by atoms with E-state index in [1.54, 1.807) is 0 Å². The lowest BCUT2D eigenvalue weighted by atomic mass is 10.2. The highest BCUT2D eigenvalue weighted by Gasteiger charge is 2.20. The zero-order chi connectivity index (χ0) is 8.39. The fourth-order valence-electron chi connectivity index (χ4n) is 1.28. The second-order valence-electron chi connectivity index (χ2n) is 2.76. The van der Waals surface area contributed by atoms with E-state index in [1.165, 1.54) is 0 Å². The molecule has 1 aromatic heterocycles. The molecule has 0 radical (unpaired) electrons. The summed E-state index contributed by atoms with van der Waals surface area (Å²) in [5.41, 5.74) is 0.989. The maximum Gasteiger partial charge on any atom is 0.246 e. The van der Waals surface area contributed by atoms with Gasteiger partial charge in [0.15, 0.2) is 0 Å². The number of rotatable bonds is 1. The van der Waals surface area contributed by atoms with Crippen molar-refractivity contribution in [3.63, 3.8) is 0 Å². The molecule has 0 saturated carbocycles. The Morgan fingerprint density at radius 2 is 2.50 bits per heavy atom. The molecule has 0 aromatic carbocycles. The molecule has 2 heterocycles. The maximum atomic E-state index is 10.9. The monoisotopic (exact) mass is 166 g/mol. The Kier molecular flexibility index (Phi) is 1.83. The fraction of sp³-hybridized carbons (Fsp3) is 0.375. The number of H-pyrrole nitrogens is 1. The predicted molar refractivity (Wildman–Crippen MR) is 42.5 cm³/mol. The Balaban J connectivity index is 2.09. The van der Waals surface area contributed by atoms with Gasteiger partial charge < -0.3 is 15.0 Å². The van der Waals surface area contributed by atoms with Gasteiger partial charge in [-0.15, -0.1) is 0 Å². The van der Waals surface area contributed by atoms with Crippen LogP contribution in [0.2, 0.25) is 0 Å². The van der Waals surface area contributed by atoms with E-state index in [0.717, 1.165) is 5.69 Å². The number of nitrogens with one attached hydrogen (secondary N) is 2. The van der Waals surface area contributed by atoms with Crippen LogP contribution in [0.15, 0.2) is 18.3 Å². The second kappa shape index (κ2) is 2.98. The van der Waals surface area contributed by atoms with Gasteiger partial charge in [-0.3, -0.25) is 4.79 Å². The molecule has 2 N–H and O–H groups in total. The third-order valence-corrected chi connectivity index (χ3v) is 1.85. The summed E-state index contributed by atoms with van der Waals surface area (Å²) in [7, 11) is 0. The Labute approximate surface area is 69.9 Å². The van der Waals surface area contributed by atoms with Crippen LogP contribution in [0.4, 0.5) is 0 Å². The number of carbonyl (C=O) groups is 1. The topological polar surface area (TPSA) is 54.1 Å². The van der Waals surface area contributed by atoms with E-state index in [-0.39, 0.29) is 18.6 Å². The summed E-state index contributed by atoms with van der Waals surface area (Å²) in [6.07, 6.45) is 1.83. The normalized spacial score (nSPS) is 23.7. The number of ether oxygens (including phenoxy) is 1. The van der Waals surface area contributed by atoms with Gasteiger partial charge in [0.1, 0.15) is 6.61 Å². The number of carbonyl (C=O) groups excluding carboxylic acids is 1.